The maximum absolute atomic E-state index is 13.7. The lowest BCUT2D eigenvalue weighted by molar-refractivity contribution is -0.122. The molecule has 1 saturated heterocycles. The highest BCUT2D eigenvalue weighted by atomic mass is 32.2. The molecule has 0 bridgehead atoms. The number of H-pyrrole nitrogens is 1. The quantitative estimate of drug-likeness (QED) is 0.224. The van der Waals surface area contributed by atoms with E-state index in [1.54, 1.807) is 6.07 Å². The average molecular weight is 599 g/mol. The van der Waals surface area contributed by atoms with E-state index in [0.29, 0.717) is 43.2 Å². The van der Waals surface area contributed by atoms with Gasteiger partial charge >= 0.3 is 0 Å². The van der Waals surface area contributed by atoms with Gasteiger partial charge in [0.25, 0.3) is 12.4 Å². The van der Waals surface area contributed by atoms with Crippen molar-refractivity contribution in [1.82, 2.24) is 15.6 Å². The summed E-state index contributed by atoms with van der Waals surface area (Å²) in [5, 5.41) is 25.6. The van der Waals surface area contributed by atoms with Gasteiger partial charge in [-0.25, -0.2) is 8.42 Å². The molecule has 2 heterocycles. The van der Waals surface area contributed by atoms with Gasteiger partial charge in [-0.15, -0.1) is 0 Å². The van der Waals surface area contributed by atoms with Gasteiger partial charge in [-0.1, -0.05) is 56.5 Å². The molecule has 1 saturated carbocycles. The molecule has 228 valence electrons. The number of fused-ring (bicyclic) bond motifs is 1. The van der Waals surface area contributed by atoms with Crippen LogP contribution in [-0.2, 0) is 27.7 Å². The zero-order valence-electron chi connectivity index (χ0n) is 24.1. The molecular weight excluding hydrogens is 556 g/mol. The molecule has 11 heteroatoms. The minimum absolute atomic E-state index is 0.103. The molecule has 2 aromatic carbocycles. The van der Waals surface area contributed by atoms with Gasteiger partial charge in [-0.3, -0.25) is 13.9 Å². The summed E-state index contributed by atoms with van der Waals surface area (Å²) in [4.78, 5) is 25.3. The Morgan fingerprint density at radius 2 is 1.86 bits per heavy atom. The van der Waals surface area contributed by atoms with Gasteiger partial charge in [-0.2, -0.15) is 0 Å². The first kappa shape index (κ1) is 31.5. The van der Waals surface area contributed by atoms with Gasteiger partial charge in [0.15, 0.2) is 0 Å². The lowest BCUT2D eigenvalue weighted by Gasteiger charge is -2.28. The smallest absolute Gasteiger partial charge is 0.290 e. The fourth-order valence-electron chi connectivity index (χ4n) is 5.94. The Morgan fingerprint density at radius 3 is 2.50 bits per heavy atom. The van der Waals surface area contributed by atoms with Crippen molar-refractivity contribution in [3.8, 4) is 0 Å². The number of sulfonamides is 1. The van der Waals surface area contributed by atoms with E-state index in [1.165, 1.54) is 23.6 Å². The molecule has 2 fully saturated rings. The summed E-state index contributed by atoms with van der Waals surface area (Å²) < 4.78 is 27.0. The number of carboxylic acid groups (broad SMARTS) is 1. The van der Waals surface area contributed by atoms with Crippen LogP contribution in [0.3, 0.4) is 0 Å². The van der Waals surface area contributed by atoms with Crippen molar-refractivity contribution in [3.05, 3.63) is 65.4 Å². The lowest BCUT2D eigenvalue weighted by Crippen LogP contribution is -2.50. The molecule has 0 spiro atoms. The van der Waals surface area contributed by atoms with Crippen LogP contribution in [0.1, 0.15) is 66.9 Å². The van der Waals surface area contributed by atoms with E-state index in [4.69, 9.17) is 9.90 Å². The third kappa shape index (κ3) is 7.70. The zero-order valence-corrected chi connectivity index (χ0v) is 24.9. The van der Waals surface area contributed by atoms with Crippen molar-refractivity contribution in [3.63, 3.8) is 0 Å². The van der Waals surface area contributed by atoms with Crippen LogP contribution < -0.4 is 14.9 Å². The van der Waals surface area contributed by atoms with Crippen LogP contribution >= 0.6 is 0 Å². The number of carbonyl (C=O) groups excluding carboxylic acids is 1. The first-order valence-electron chi connectivity index (χ1n) is 14.8. The second-order valence-electron chi connectivity index (χ2n) is 11.0. The fraction of sp³-hybridized carbons (Fsp3) is 0.484. The average Bonchev–Trinajstić information content (AvgIpc) is 3.58. The molecule has 0 unspecified atom stereocenters. The highest BCUT2D eigenvalue weighted by Crippen LogP contribution is 2.34. The Balaban J connectivity index is 0.00000129. The number of hydrogen-bond acceptors (Lipinski definition) is 6. The van der Waals surface area contributed by atoms with Crippen molar-refractivity contribution in [1.29, 1.82) is 0 Å². The molecular formula is C31H42N4O6S. The molecule has 3 aromatic rings. The van der Waals surface area contributed by atoms with E-state index in [9.17, 15) is 18.3 Å². The van der Waals surface area contributed by atoms with Gasteiger partial charge in [0.05, 0.1) is 29.1 Å². The highest BCUT2D eigenvalue weighted by Gasteiger charge is 2.32. The molecule has 5 N–H and O–H groups in total. The summed E-state index contributed by atoms with van der Waals surface area (Å²) in [6, 6.07) is 13.2. The van der Waals surface area contributed by atoms with Gasteiger partial charge in [0.2, 0.25) is 10.0 Å². The number of aliphatic hydroxyl groups excluding tert-OH is 1. The van der Waals surface area contributed by atoms with E-state index in [1.807, 2.05) is 49.5 Å². The number of aryl methyl sites for hydroxylation is 1. The first-order valence-corrected chi connectivity index (χ1v) is 16.4. The standard InChI is InChI=1S/C30H40N4O4S.CH2O2/c1-2-22-19-32-29-25(22)17-23(18-27(29)34-14-9-15-39(34,37)38)30(36)33-26(16-21-10-5-3-6-11-21)28(35)20-31-24-12-7-4-8-13-24;2-1-3/h3,5-6,10-11,17-19,24,26,28,31-32,35H,2,4,7-9,12-16,20H2,1H3,(H,33,36);1H,(H,2,3)/t26-,28+;/m0./s1. The lowest BCUT2D eigenvalue weighted by atomic mass is 9.94. The molecule has 0 radical (unpaired) electrons. The summed E-state index contributed by atoms with van der Waals surface area (Å²) in [6.07, 6.45) is 8.79. The minimum atomic E-state index is -3.43. The third-order valence-corrected chi connectivity index (χ3v) is 10.0. The number of aromatic nitrogens is 1. The van der Waals surface area contributed by atoms with Crippen LogP contribution in [0.25, 0.3) is 10.9 Å². The van der Waals surface area contributed by atoms with Crippen molar-refractivity contribution in [2.75, 3.05) is 23.1 Å². The number of aliphatic hydroxyl groups is 1. The molecule has 2 atom stereocenters. The van der Waals surface area contributed by atoms with Gasteiger partial charge in [-0.05, 0) is 55.4 Å². The molecule has 5 rings (SSSR count). The zero-order chi connectivity index (χ0) is 30.1. The molecule has 1 amide bonds. The molecule has 1 aliphatic carbocycles. The molecule has 1 aliphatic heterocycles. The van der Waals surface area contributed by atoms with Crippen molar-refractivity contribution < 1.29 is 28.2 Å². The summed E-state index contributed by atoms with van der Waals surface area (Å²) in [5.74, 6) is -0.221. The molecule has 42 heavy (non-hydrogen) atoms. The second kappa shape index (κ2) is 14.7. The van der Waals surface area contributed by atoms with E-state index < -0.39 is 22.2 Å². The first-order chi connectivity index (χ1) is 20.3. The van der Waals surface area contributed by atoms with Crippen LogP contribution in [-0.4, -0.2) is 73.0 Å². The monoisotopic (exact) mass is 598 g/mol. The van der Waals surface area contributed by atoms with Crippen LogP contribution in [0.5, 0.6) is 0 Å². The summed E-state index contributed by atoms with van der Waals surface area (Å²) in [7, 11) is -3.43. The third-order valence-electron chi connectivity index (χ3n) is 8.17. The summed E-state index contributed by atoms with van der Waals surface area (Å²) >= 11 is 0. The Bertz CT molecular complexity index is 1440. The number of benzene rings is 2. The minimum Gasteiger partial charge on any atom is -0.483 e. The topological polar surface area (TPSA) is 152 Å². The highest BCUT2D eigenvalue weighted by molar-refractivity contribution is 7.93. The Morgan fingerprint density at radius 1 is 1.14 bits per heavy atom. The van der Waals surface area contributed by atoms with Gasteiger partial charge in [0.1, 0.15) is 0 Å². The van der Waals surface area contributed by atoms with Crippen LogP contribution in [0.15, 0.2) is 48.7 Å². The van der Waals surface area contributed by atoms with Crippen molar-refractivity contribution >= 4 is 39.0 Å². The number of amides is 1. The van der Waals surface area contributed by atoms with E-state index in [-0.39, 0.29) is 18.1 Å². The number of rotatable bonds is 10. The van der Waals surface area contributed by atoms with E-state index in [2.05, 4.69) is 15.6 Å². The number of nitrogens with one attached hydrogen (secondary N) is 3. The maximum atomic E-state index is 13.7. The van der Waals surface area contributed by atoms with Crippen LogP contribution in [0.2, 0.25) is 0 Å². The Labute approximate surface area is 247 Å². The number of nitrogens with zero attached hydrogens (tertiary/aromatic N) is 1. The SMILES string of the molecule is CCc1c[nH]c2c(N3CCCS3(=O)=O)cc(C(=O)N[C@@H](Cc3ccccc3)[C@H](O)CNC3CCCCC3)cc12.O=CO. The predicted molar refractivity (Wildman–Crippen MR) is 164 cm³/mol. The molecule has 2 aliphatic rings. The Kier molecular flexibility index (Phi) is 11.0. The number of hydrogen-bond donors (Lipinski definition) is 5. The van der Waals surface area contributed by atoms with E-state index >= 15 is 0 Å². The second-order valence-corrected chi connectivity index (χ2v) is 13.0. The van der Waals surface area contributed by atoms with Gasteiger partial charge < -0.3 is 25.8 Å². The predicted octanol–water partition coefficient (Wildman–Crippen LogP) is 3.60. The number of aromatic amines is 1. The van der Waals surface area contributed by atoms with Crippen LogP contribution in [0.4, 0.5) is 5.69 Å². The maximum Gasteiger partial charge on any atom is 0.290 e. The summed E-state index contributed by atoms with van der Waals surface area (Å²) in [6.45, 7) is 2.58. The van der Waals surface area contributed by atoms with Gasteiger partial charge in [0, 0.05) is 36.3 Å². The molecule has 1 aromatic heterocycles. The summed E-state index contributed by atoms with van der Waals surface area (Å²) in [5.41, 5.74) is 3.67. The Hall–Kier alpha value is -3.41. The van der Waals surface area contributed by atoms with Crippen molar-refractivity contribution in [2.24, 2.45) is 0 Å². The van der Waals surface area contributed by atoms with Crippen molar-refractivity contribution in [2.45, 2.75) is 76.5 Å². The normalized spacial score (nSPS) is 18.2. The fourth-order valence-corrected chi connectivity index (χ4v) is 7.50. The van der Waals surface area contributed by atoms with E-state index in [0.717, 1.165) is 41.3 Å². The molecule has 10 nitrogen and oxygen atoms in total. The largest absolute Gasteiger partial charge is 0.483 e. The van der Waals surface area contributed by atoms with Crippen LogP contribution in [0, 0.1) is 0 Å². The number of carbonyl (C=O) groups is 2. The number of anilines is 1.